The van der Waals surface area contributed by atoms with Crippen LogP contribution in [0.25, 0.3) is 11.1 Å². The maximum atomic E-state index is 12.5. The number of carboxylic acid groups (broad SMARTS) is 1. The highest BCUT2D eigenvalue weighted by Crippen LogP contribution is 2.20. The van der Waals surface area contributed by atoms with Gasteiger partial charge in [0, 0.05) is 12.5 Å². The third-order valence-electron chi connectivity index (χ3n) is 5.77. The van der Waals surface area contributed by atoms with Gasteiger partial charge in [-0.25, -0.2) is 0 Å². The Hall–Kier alpha value is -3.93. The van der Waals surface area contributed by atoms with Gasteiger partial charge in [-0.3, -0.25) is 14.4 Å². The Labute approximate surface area is 206 Å². The van der Waals surface area contributed by atoms with Crippen molar-refractivity contribution in [3.63, 3.8) is 0 Å². The molecular formula is C29H31NO5. The molecule has 3 aromatic carbocycles. The minimum Gasteiger partial charge on any atom is -0.481 e. The Morgan fingerprint density at radius 1 is 0.800 bits per heavy atom. The largest absolute Gasteiger partial charge is 0.481 e. The predicted octanol–water partition coefficient (Wildman–Crippen LogP) is 5.02. The Morgan fingerprint density at radius 2 is 1.40 bits per heavy atom. The zero-order valence-electron chi connectivity index (χ0n) is 19.9. The van der Waals surface area contributed by atoms with Crippen LogP contribution in [-0.2, 0) is 32.1 Å². The van der Waals surface area contributed by atoms with Crippen LogP contribution in [0.3, 0.4) is 0 Å². The maximum absolute atomic E-state index is 12.5. The first-order valence-corrected chi connectivity index (χ1v) is 11.8. The first-order valence-electron chi connectivity index (χ1n) is 11.8. The third kappa shape index (κ3) is 8.74. The number of carbonyl (C=O) groups excluding carboxylic acids is 2. The number of esters is 1. The number of ether oxygens (including phenoxy) is 1. The standard InChI is InChI=1S/C29H31NO5/c1-21(29(33)34)18-26(19-22-12-14-25(15-13-22)24-10-6-3-7-11-24)30-27(31)16-17-28(32)35-20-23-8-4-2-5-9-23/h2-15,21,26H,16-20H2,1H3,(H,30,31)(H,33,34)/t21?,26-/m0/s1. The molecule has 0 radical (unpaired) electrons. The van der Waals surface area contributed by atoms with Crippen molar-refractivity contribution in [3.8, 4) is 11.1 Å². The molecule has 6 nitrogen and oxygen atoms in total. The van der Waals surface area contributed by atoms with E-state index in [1.807, 2.05) is 84.9 Å². The van der Waals surface area contributed by atoms with Crippen LogP contribution in [0.4, 0.5) is 0 Å². The van der Waals surface area contributed by atoms with E-state index in [0.29, 0.717) is 12.8 Å². The molecule has 0 saturated heterocycles. The summed E-state index contributed by atoms with van der Waals surface area (Å²) in [5, 5.41) is 12.3. The molecule has 0 aromatic heterocycles. The zero-order chi connectivity index (χ0) is 25.0. The lowest BCUT2D eigenvalue weighted by molar-refractivity contribution is -0.146. The van der Waals surface area contributed by atoms with Crippen LogP contribution in [0.5, 0.6) is 0 Å². The Balaban J connectivity index is 1.54. The van der Waals surface area contributed by atoms with Crippen LogP contribution in [0.2, 0.25) is 0 Å². The Kier molecular flexibility index (Phi) is 9.60. The molecule has 0 aliphatic rings. The lowest BCUT2D eigenvalue weighted by atomic mass is 9.95. The van der Waals surface area contributed by atoms with Gasteiger partial charge < -0.3 is 15.2 Å². The van der Waals surface area contributed by atoms with Crippen molar-refractivity contribution in [2.45, 2.75) is 45.3 Å². The highest BCUT2D eigenvalue weighted by Gasteiger charge is 2.21. The predicted molar refractivity (Wildman–Crippen MR) is 134 cm³/mol. The summed E-state index contributed by atoms with van der Waals surface area (Å²) in [6.07, 6.45) is 0.737. The van der Waals surface area contributed by atoms with E-state index in [4.69, 9.17) is 4.74 Å². The van der Waals surface area contributed by atoms with Gasteiger partial charge in [-0.05, 0) is 35.1 Å². The third-order valence-corrected chi connectivity index (χ3v) is 5.77. The molecule has 3 rings (SSSR count). The summed E-state index contributed by atoms with van der Waals surface area (Å²) in [5.74, 6) is -2.27. The number of aliphatic carboxylic acids is 1. The van der Waals surface area contributed by atoms with Gasteiger partial charge in [0.2, 0.25) is 5.91 Å². The number of hydrogen-bond acceptors (Lipinski definition) is 4. The topological polar surface area (TPSA) is 92.7 Å². The smallest absolute Gasteiger partial charge is 0.306 e. The Bertz CT molecular complexity index is 1100. The number of carbonyl (C=O) groups is 3. The second kappa shape index (κ2) is 13.1. The van der Waals surface area contributed by atoms with E-state index < -0.39 is 17.9 Å². The highest BCUT2D eigenvalue weighted by atomic mass is 16.5. The summed E-state index contributed by atoms with van der Waals surface area (Å²) < 4.78 is 5.23. The number of hydrogen-bond donors (Lipinski definition) is 2. The van der Waals surface area contributed by atoms with Crippen molar-refractivity contribution >= 4 is 17.8 Å². The van der Waals surface area contributed by atoms with E-state index in [0.717, 1.165) is 22.3 Å². The van der Waals surface area contributed by atoms with Crippen molar-refractivity contribution in [3.05, 3.63) is 96.1 Å². The second-order valence-electron chi connectivity index (χ2n) is 8.65. The minimum absolute atomic E-state index is 0.0154. The molecule has 0 fully saturated rings. The molecular weight excluding hydrogens is 442 g/mol. The number of carboxylic acids is 1. The van der Waals surface area contributed by atoms with E-state index in [1.165, 1.54) is 0 Å². The first kappa shape index (κ1) is 25.7. The molecule has 0 heterocycles. The summed E-state index contributed by atoms with van der Waals surface area (Å²) in [5.41, 5.74) is 4.08. The van der Waals surface area contributed by atoms with Gasteiger partial charge in [0.1, 0.15) is 6.61 Å². The summed E-state index contributed by atoms with van der Waals surface area (Å²) in [7, 11) is 0. The SMILES string of the molecule is CC(C[C@@H](Cc1ccc(-c2ccccc2)cc1)NC(=O)CCC(=O)OCc1ccccc1)C(=O)O. The number of amides is 1. The molecule has 1 unspecified atom stereocenters. The number of rotatable bonds is 12. The van der Waals surface area contributed by atoms with Gasteiger partial charge in [-0.2, -0.15) is 0 Å². The van der Waals surface area contributed by atoms with Gasteiger partial charge in [0.15, 0.2) is 0 Å². The molecule has 35 heavy (non-hydrogen) atoms. The highest BCUT2D eigenvalue weighted by molar-refractivity contribution is 5.81. The van der Waals surface area contributed by atoms with Gasteiger partial charge in [0.25, 0.3) is 0 Å². The van der Waals surface area contributed by atoms with Crippen molar-refractivity contribution in [2.75, 3.05) is 0 Å². The average Bonchev–Trinajstić information content (AvgIpc) is 2.87. The van der Waals surface area contributed by atoms with Gasteiger partial charge in [-0.1, -0.05) is 91.9 Å². The van der Waals surface area contributed by atoms with E-state index >= 15 is 0 Å². The quantitative estimate of drug-likeness (QED) is 0.361. The molecule has 0 saturated carbocycles. The van der Waals surface area contributed by atoms with Crippen LogP contribution < -0.4 is 5.32 Å². The fourth-order valence-electron chi connectivity index (χ4n) is 3.79. The molecule has 0 spiro atoms. The average molecular weight is 474 g/mol. The van der Waals surface area contributed by atoms with Crippen LogP contribution >= 0.6 is 0 Å². The zero-order valence-corrected chi connectivity index (χ0v) is 19.9. The Morgan fingerprint density at radius 3 is 2.03 bits per heavy atom. The fraction of sp³-hybridized carbons (Fsp3) is 0.276. The molecule has 0 aliphatic carbocycles. The van der Waals surface area contributed by atoms with E-state index in [2.05, 4.69) is 5.32 Å². The van der Waals surface area contributed by atoms with Crippen LogP contribution in [0, 0.1) is 5.92 Å². The molecule has 1 amide bonds. The summed E-state index contributed by atoms with van der Waals surface area (Å²) in [4.78, 5) is 36.0. The summed E-state index contributed by atoms with van der Waals surface area (Å²) in [6, 6.07) is 27.0. The fourth-order valence-corrected chi connectivity index (χ4v) is 3.79. The van der Waals surface area contributed by atoms with E-state index in [1.54, 1.807) is 6.92 Å². The van der Waals surface area contributed by atoms with Crippen molar-refractivity contribution in [1.29, 1.82) is 0 Å². The first-order chi connectivity index (χ1) is 16.9. The normalized spacial score (nSPS) is 12.4. The molecule has 6 heteroatoms. The number of benzene rings is 3. The van der Waals surface area contributed by atoms with Crippen LogP contribution in [-0.4, -0.2) is 29.0 Å². The van der Waals surface area contributed by atoms with Gasteiger partial charge >= 0.3 is 11.9 Å². The van der Waals surface area contributed by atoms with Crippen molar-refractivity contribution in [1.82, 2.24) is 5.32 Å². The summed E-state index contributed by atoms with van der Waals surface area (Å²) in [6.45, 7) is 1.79. The molecule has 2 N–H and O–H groups in total. The maximum Gasteiger partial charge on any atom is 0.306 e. The van der Waals surface area contributed by atoms with E-state index in [-0.39, 0.29) is 31.4 Å². The number of nitrogens with one attached hydrogen (secondary N) is 1. The van der Waals surface area contributed by atoms with Crippen molar-refractivity contribution < 1.29 is 24.2 Å². The second-order valence-corrected chi connectivity index (χ2v) is 8.65. The van der Waals surface area contributed by atoms with Gasteiger partial charge in [0.05, 0.1) is 12.3 Å². The van der Waals surface area contributed by atoms with Gasteiger partial charge in [-0.15, -0.1) is 0 Å². The molecule has 3 aromatic rings. The van der Waals surface area contributed by atoms with Crippen molar-refractivity contribution in [2.24, 2.45) is 5.92 Å². The molecule has 182 valence electrons. The summed E-state index contributed by atoms with van der Waals surface area (Å²) >= 11 is 0. The monoisotopic (exact) mass is 473 g/mol. The van der Waals surface area contributed by atoms with Crippen LogP contribution in [0.15, 0.2) is 84.9 Å². The lowest BCUT2D eigenvalue weighted by Gasteiger charge is -2.21. The molecule has 0 bridgehead atoms. The minimum atomic E-state index is -0.909. The molecule has 0 aliphatic heterocycles. The van der Waals surface area contributed by atoms with E-state index in [9.17, 15) is 19.5 Å². The molecule has 2 atom stereocenters. The lowest BCUT2D eigenvalue weighted by Crippen LogP contribution is -2.38. The van der Waals surface area contributed by atoms with Crippen LogP contribution in [0.1, 0.15) is 37.3 Å².